The van der Waals surface area contributed by atoms with Gasteiger partial charge >= 0.3 is 5.97 Å². The normalized spacial score (nSPS) is 13.6. The third-order valence-corrected chi connectivity index (χ3v) is 13.5. The first-order chi connectivity index (χ1) is 34.5. The van der Waals surface area contributed by atoms with Gasteiger partial charge in [-0.2, -0.15) is 0 Å². The predicted molar refractivity (Wildman–Crippen MR) is 305 cm³/mol. The van der Waals surface area contributed by atoms with Crippen LogP contribution in [0.1, 0.15) is 297 Å². The number of hydrogen-bond acceptors (Lipinski definition) is 5. The van der Waals surface area contributed by atoms with Gasteiger partial charge < -0.3 is 20.3 Å². The molecule has 0 aromatic carbocycles. The number of allylic oxidation sites excluding steroid dienone is 12. The van der Waals surface area contributed by atoms with Crippen molar-refractivity contribution in [2.24, 2.45) is 0 Å². The van der Waals surface area contributed by atoms with E-state index in [0.717, 1.165) is 89.9 Å². The zero-order valence-electron chi connectivity index (χ0n) is 46.4. The van der Waals surface area contributed by atoms with E-state index in [4.69, 9.17) is 4.74 Å². The molecule has 1 amide bonds. The lowest BCUT2D eigenvalue weighted by molar-refractivity contribution is -0.151. The van der Waals surface area contributed by atoms with Gasteiger partial charge in [0.15, 0.2) is 0 Å². The molecule has 0 rings (SSSR count). The molecule has 0 aliphatic heterocycles. The molecule has 406 valence electrons. The van der Waals surface area contributed by atoms with E-state index in [0.29, 0.717) is 19.3 Å². The molecule has 0 spiro atoms. The Labute approximate surface area is 434 Å². The number of ether oxygens (including phenoxy) is 1. The molecule has 0 radical (unpaired) electrons. The van der Waals surface area contributed by atoms with Crippen LogP contribution in [0.25, 0.3) is 0 Å². The molecule has 0 saturated heterocycles. The van der Waals surface area contributed by atoms with E-state index >= 15 is 0 Å². The summed E-state index contributed by atoms with van der Waals surface area (Å²) in [6.45, 7) is 6.46. The molecule has 0 aliphatic rings. The highest BCUT2D eigenvalue weighted by Crippen LogP contribution is 2.18. The molecule has 0 fully saturated rings. The number of aliphatic hydroxyl groups is 2. The van der Waals surface area contributed by atoms with E-state index in [1.54, 1.807) is 0 Å². The fraction of sp³-hybridized carbons (Fsp3) is 0.781. The van der Waals surface area contributed by atoms with E-state index in [1.807, 2.05) is 0 Å². The van der Waals surface area contributed by atoms with Gasteiger partial charge in [-0.3, -0.25) is 9.59 Å². The Balaban J connectivity index is 4.67. The largest absolute Gasteiger partial charge is 0.462 e. The molecule has 70 heavy (non-hydrogen) atoms. The number of amides is 1. The fourth-order valence-electron chi connectivity index (χ4n) is 8.94. The van der Waals surface area contributed by atoms with Crippen molar-refractivity contribution < 1.29 is 24.5 Å². The minimum absolute atomic E-state index is 0.0322. The molecule has 6 nitrogen and oxygen atoms in total. The number of carbonyl (C=O) groups excluding carboxylic acids is 2. The van der Waals surface area contributed by atoms with Gasteiger partial charge in [-0.1, -0.05) is 267 Å². The molecule has 0 aliphatic carbocycles. The zero-order chi connectivity index (χ0) is 50.9. The molecular formula is C64H115NO5. The van der Waals surface area contributed by atoms with Crippen molar-refractivity contribution in [2.75, 3.05) is 6.61 Å². The zero-order valence-corrected chi connectivity index (χ0v) is 46.4. The minimum Gasteiger partial charge on any atom is -0.462 e. The van der Waals surface area contributed by atoms with Crippen molar-refractivity contribution in [1.29, 1.82) is 0 Å². The van der Waals surface area contributed by atoms with E-state index < -0.39 is 18.2 Å². The van der Waals surface area contributed by atoms with Crippen LogP contribution in [0.5, 0.6) is 0 Å². The second kappa shape index (κ2) is 57.2. The van der Waals surface area contributed by atoms with Gasteiger partial charge in [0.25, 0.3) is 0 Å². The van der Waals surface area contributed by atoms with Gasteiger partial charge in [-0.05, 0) is 89.9 Å². The Hall–Kier alpha value is -2.70. The third kappa shape index (κ3) is 51.6. The number of hydrogen-bond donors (Lipinski definition) is 3. The quantitative estimate of drug-likeness (QED) is 0.0244. The Bertz CT molecular complexity index is 1280. The van der Waals surface area contributed by atoms with Gasteiger partial charge in [0.1, 0.15) is 6.10 Å². The van der Waals surface area contributed by atoms with Crippen molar-refractivity contribution in [2.45, 2.75) is 315 Å². The molecular weight excluding hydrogens is 863 g/mol. The van der Waals surface area contributed by atoms with E-state index in [1.165, 1.54) is 161 Å². The topological polar surface area (TPSA) is 95.9 Å². The molecule has 0 bridgehead atoms. The lowest BCUT2D eigenvalue weighted by Crippen LogP contribution is -2.46. The number of unbranched alkanes of at least 4 members (excludes halogenated alkanes) is 31. The van der Waals surface area contributed by atoms with Crippen molar-refractivity contribution in [3.63, 3.8) is 0 Å². The predicted octanol–water partition coefficient (Wildman–Crippen LogP) is 18.9. The summed E-state index contributed by atoms with van der Waals surface area (Å²) in [6.07, 6.45) is 74.0. The van der Waals surface area contributed by atoms with Crippen molar-refractivity contribution >= 4 is 11.9 Å². The summed E-state index contributed by atoms with van der Waals surface area (Å²) in [5, 5.41) is 23.9. The first-order valence-corrected chi connectivity index (χ1v) is 30.2. The Morgan fingerprint density at radius 1 is 0.429 bits per heavy atom. The van der Waals surface area contributed by atoms with Gasteiger partial charge in [-0.25, -0.2) is 0 Å². The van der Waals surface area contributed by atoms with Gasteiger partial charge in [0.2, 0.25) is 5.91 Å². The number of nitrogens with one attached hydrogen (secondary N) is 1. The van der Waals surface area contributed by atoms with Crippen LogP contribution < -0.4 is 5.32 Å². The molecule has 6 heteroatoms. The van der Waals surface area contributed by atoms with E-state index in [-0.39, 0.29) is 24.9 Å². The monoisotopic (exact) mass is 978 g/mol. The van der Waals surface area contributed by atoms with E-state index in [2.05, 4.69) is 99.0 Å². The molecule has 0 aromatic rings. The van der Waals surface area contributed by atoms with Crippen LogP contribution in [0.2, 0.25) is 0 Å². The SMILES string of the molecule is CCCCC/C=C\C/C=C\C/C=C\C/C=C\CCCC(CC(=O)NC(CO)C(O)CCCCCCCCCCCCCCCCCC)OC(=O)CCCCCCC/C=C/C=C/CCCCCCCCC. The summed E-state index contributed by atoms with van der Waals surface area (Å²) in [6, 6.07) is -0.726. The standard InChI is InChI=1S/C64H115NO5/c1-4-7-10-13-16-19-22-25-28-31-33-36-39-42-45-48-51-54-57-64(69)70-60(55-52-49-46-43-40-37-34-32-29-26-23-20-17-14-11-8-5-2)58-63(68)65-61(59-66)62(67)56-53-50-47-44-41-38-35-30-27-24-21-18-15-12-9-6-3/h17,20,26,28-29,31,33-34,36-37,43,46,60-62,66-67H,4-16,18-19,21-25,27,30,32,35,38-42,44-45,47-59H2,1-3H3,(H,65,68)/b20-17-,29-26-,31-28+,36-33+,37-34-,46-43-. The second-order valence-electron chi connectivity index (χ2n) is 20.4. The first kappa shape index (κ1) is 67.3. The Morgan fingerprint density at radius 3 is 1.24 bits per heavy atom. The molecule has 3 unspecified atom stereocenters. The molecule has 3 atom stereocenters. The summed E-state index contributed by atoms with van der Waals surface area (Å²) >= 11 is 0. The van der Waals surface area contributed by atoms with Crippen molar-refractivity contribution in [3.05, 3.63) is 72.9 Å². The average molecular weight is 979 g/mol. The Kier molecular flexibility index (Phi) is 55.0. The first-order valence-electron chi connectivity index (χ1n) is 30.2. The number of aliphatic hydroxyl groups excluding tert-OH is 2. The lowest BCUT2D eigenvalue weighted by Gasteiger charge is -2.24. The lowest BCUT2D eigenvalue weighted by atomic mass is 10.0. The van der Waals surface area contributed by atoms with Crippen LogP contribution in [-0.4, -0.2) is 46.9 Å². The van der Waals surface area contributed by atoms with E-state index in [9.17, 15) is 19.8 Å². The maximum Gasteiger partial charge on any atom is 0.306 e. The van der Waals surface area contributed by atoms with Crippen molar-refractivity contribution in [3.8, 4) is 0 Å². The molecule has 0 aromatic heterocycles. The van der Waals surface area contributed by atoms with Gasteiger partial charge in [-0.15, -0.1) is 0 Å². The van der Waals surface area contributed by atoms with Crippen LogP contribution in [0.3, 0.4) is 0 Å². The number of rotatable bonds is 54. The number of carbonyl (C=O) groups is 2. The summed E-state index contributed by atoms with van der Waals surface area (Å²) in [4.78, 5) is 26.3. The summed E-state index contributed by atoms with van der Waals surface area (Å²) in [5.74, 6) is -0.540. The van der Waals surface area contributed by atoms with Gasteiger partial charge in [0.05, 0.1) is 25.2 Å². The Morgan fingerprint density at radius 2 is 0.786 bits per heavy atom. The van der Waals surface area contributed by atoms with Gasteiger partial charge in [0, 0.05) is 6.42 Å². The van der Waals surface area contributed by atoms with Crippen LogP contribution >= 0.6 is 0 Å². The summed E-state index contributed by atoms with van der Waals surface area (Å²) < 4.78 is 5.94. The third-order valence-electron chi connectivity index (χ3n) is 13.5. The summed E-state index contributed by atoms with van der Waals surface area (Å²) in [5.41, 5.74) is 0. The maximum atomic E-state index is 13.3. The van der Waals surface area contributed by atoms with Crippen LogP contribution in [0.4, 0.5) is 0 Å². The summed E-state index contributed by atoms with van der Waals surface area (Å²) in [7, 11) is 0. The highest BCUT2D eigenvalue weighted by Gasteiger charge is 2.24. The highest BCUT2D eigenvalue weighted by molar-refractivity contribution is 5.77. The molecule has 3 N–H and O–H groups in total. The highest BCUT2D eigenvalue weighted by atomic mass is 16.5. The van der Waals surface area contributed by atoms with Crippen LogP contribution in [0.15, 0.2) is 72.9 Å². The van der Waals surface area contributed by atoms with Crippen molar-refractivity contribution in [1.82, 2.24) is 5.32 Å². The van der Waals surface area contributed by atoms with Crippen LogP contribution in [0, 0.1) is 0 Å². The molecule has 0 heterocycles. The fourth-order valence-corrected chi connectivity index (χ4v) is 8.94. The van der Waals surface area contributed by atoms with Crippen LogP contribution in [-0.2, 0) is 14.3 Å². The second-order valence-corrected chi connectivity index (χ2v) is 20.4. The smallest absolute Gasteiger partial charge is 0.306 e. The average Bonchev–Trinajstić information content (AvgIpc) is 3.35. The minimum atomic E-state index is -0.809. The number of esters is 1. The maximum absolute atomic E-state index is 13.3. The molecule has 0 saturated carbocycles.